The van der Waals surface area contributed by atoms with E-state index in [0.717, 1.165) is 31.7 Å². The number of benzene rings is 1. The highest BCUT2D eigenvalue weighted by atomic mass is 19.1. The summed E-state index contributed by atoms with van der Waals surface area (Å²) in [4.78, 5) is 14.7. The van der Waals surface area contributed by atoms with E-state index in [2.05, 4.69) is 10.2 Å². The van der Waals surface area contributed by atoms with Crippen molar-refractivity contribution >= 4 is 12.0 Å². The van der Waals surface area contributed by atoms with Gasteiger partial charge in [0.05, 0.1) is 12.3 Å². The summed E-state index contributed by atoms with van der Waals surface area (Å²) >= 11 is 0. The molecule has 5 heteroatoms. The van der Waals surface area contributed by atoms with E-state index in [4.69, 9.17) is 4.42 Å². The van der Waals surface area contributed by atoms with E-state index in [0.29, 0.717) is 17.7 Å². The van der Waals surface area contributed by atoms with Crippen molar-refractivity contribution in [3.05, 3.63) is 65.4 Å². The van der Waals surface area contributed by atoms with Crippen LogP contribution in [0.1, 0.15) is 37.1 Å². The van der Waals surface area contributed by atoms with Gasteiger partial charge in [0.25, 0.3) is 0 Å². The zero-order valence-electron chi connectivity index (χ0n) is 14.4. The van der Waals surface area contributed by atoms with Crippen molar-refractivity contribution in [3.8, 4) is 0 Å². The Bertz CT molecular complexity index is 734. The Hall–Kier alpha value is -2.40. The van der Waals surface area contributed by atoms with Gasteiger partial charge < -0.3 is 9.73 Å². The maximum absolute atomic E-state index is 13.7. The summed E-state index contributed by atoms with van der Waals surface area (Å²) in [5.41, 5.74) is 0.891. The molecule has 132 valence electrons. The molecule has 3 rings (SSSR count). The van der Waals surface area contributed by atoms with E-state index in [9.17, 15) is 9.18 Å². The van der Waals surface area contributed by atoms with Gasteiger partial charge in [-0.15, -0.1) is 0 Å². The zero-order valence-corrected chi connectivity index (χ0v) is 14.4. The van der Waals surface area contributed by atoms with Crippen LogP contribution in [-0.4, -0.2) is 30.4 Å². The first kappa shape index (κ1) is 17.4. The Morgan fingerprint density at radius 3 is 2.72 bits per heavy atom. The van der Waals surface area contributed by atoms with Crippen LogP contribution in [0.5, 0.6) is 0 Å². The Morgan fingerprint density at radius 2 is 2.04 bits per heavy atom. The lowest BCUT2D eigenvalue weighted by molar-refractivity contribution is -0.117. The number of nitrogens with zero attached hydrogens (tertiary/aromatic N) is 1. The number of hydrogen-bond donors (Lipinski definition) is 1. The number of amides is 1. The second-order valence-corrected chi connectivity index (χ2v) is 6.33. The number of carbonyl (C=O) groups is 1. The van der Waals surface area contributed by atoms with Gasteiger partial charge in [-0.25, -0.2) is 4.39 Å². The van der Waals surface area contributed by atoms with E-state index in [1.165, 1.54) is 6.07 Å². The Morgan fingerprint density at radius 1 is 1.28 bits per heavy atom. The maximum Gasteiger partial charge on any atom is 0.247 e. The smallest absolute Gasteiger partial charge is 0.247 e. The van der Waals surface area contributed by atoms with Crippen LogP contribution < -0.4 is 5.32 Å². The van der Waals surface area contributed by atoms with Gasteiger partial charge >= 0.3 is 0 Å². The highest BCUT2D eigenvalue weighted by molar-refractivity contribution is 5.97. The fourth-order valence-corrected chi connectivity index (χ4v) is 3.16. The summed E-state index contributed by atoms with van der Waals surface area (Å²) in [6.07, 6.45) is 5.56. The van der Waals surface area contributed by atoms with Crippen molar-refractivity contribution in [2.45, 2.75) is 25.8 Å². The number of furan rings is 1. The molecule has 1 aromatic carbocycles. The second-order valence-electron chi connectivity index (χ2n) is 6.33. The van der Waals surface area contributed by atoms with Gasteiger partial charge in [0.15, 0.2) is 0 Å². The predicted molar refractivity (Wildman–Crippen MR) is 95.3 cm³/mol. The minimum atomic E-state index is -0.333. The third-order valence-electron chi connectivity index (χ3n) is 4.54. The minimum Gasteiger partial charge on any atom is -0.468 e. The summed E-state index contributed by atoms with van der Waals surface area (Å²) in [5, 5.41) is 2.96. The molecular formula is C20H23FN2O2. The molecule has 0 aliphatic carbocycles. The third kappa shape index (κ3) is 4.37. The van der Waals surface area contributed by atoms with Gasteiger partial charge in [-0.2, -0.15) is 0 Å². The highest BCUT2D eigenvalue weighted by Gasteiger charge is 2.26. The monoisotopic (exact) mass is 342 g/mol. The van der Waals surface area contributed by atoms with Gasteiger partial charge in [0.1, 0.15) is 11.6 Å². The van der Waals surface area contributed by atoms with Crippen LogP contribution in [0, 0.1) is 5.82 Å². The van der Waals surface area contributed by atoms with Crippen LogP contribution >= 0.6 is 0 Å². The molecule has 0 bridgehead atoms. The molecule has 0 radical (unpaired) electrons. The van der Waals surface area contributed by atoms with Gasteiger partial charge in [-0.05, 0) is 57.1 Å². The average molecular weight is 342 g/mol. The summed E-state index contributed by atoms with van der Waals surface area (Å²) in [6, 6.07) is 10.3. The van der Waals surface area contributed by atoms with Crippen LogP contribution in [0.2, 0.25) is 0 Å². The molecule has 1 aliphatic heterocycles. The third-order valence-corrected chi connectivity index (χ3v) is 4.54. The van der Waals surface area contributed by atoms with Crippen LogP contribution in [0.3, 0.4) is 0 Å². The number of rotatable bonds is 6. The number of carbonyl (C=O) groups excluding carboxylic acids is 1. The maximum atomic E-state index is 13.7. The van der Waals surface area contributed by atoms with Gasteiger partial charge in [-0.3, -0.25) is 9.69 Å². The first-order valence-corrected chi connectivity index (χ1v) is 8.63. The molecule has 1 atom stereocenters. The van der Waals surface area contributed by atoms with Crippen LogP contribution in [-0.2, 0) is 4.79 Å². The van der Waals surface area contributed by atoms with Crippen LogP contribution in [0.25, 0.3) is 6.08 Å². The van der Waals surface area contributed by atoms with Crippen molar-refractivity contribution in [1.82, 2.24) is 10.2 Å². The van der Waals surface area contributed by atoms with Crippen molar-refractivity contribution in [2.24, 2.45) is 0 Å². The first-order chi connectivity index (χ1) is 12.1. The molecule has 1 aliphatic rings. The van der Waals surface area contributed by atoms with E-state index in [-0.39, 0.29) is 17.8 Å². The Kier molecular flexibility index (Phi) is 5.66. The summed E-state index contributed by atoms with van der Waals surface area (Å²) < 4.78 is 19.3. The minimum absolute atomic E-state index is 0.0303. The highest BCUT2D eigenvalue weighted by Crippen LogP contribution is 2.25. The molecular weight excluding hydrogens is 319 g/mol. The predicted octanol–water partition coefficient (Wildman–Crippen LogP) is 3.78. The standard InChI is InChI=1S/C20H23FN2O2/c1-15(13-16-7-2-3-8-17(16)21)20(24)22-14-18(19-9-6-12-25-19)23-10-4-5-11-23/h2-3,6-9,12-13,18H,4-5,10-11,14H2,1H3,(H,22,24)/b15-13+. The summed E-state index contributed by atoms with van der Waals surface area (Å²) in [7, 11) is 0. The van der Waals surface area contributed by atoms with E-state index in [1.807, 2.05) is 12.1 Å². The molecule has 1 saturated heterocycles. The molecule has 1 unspecified atom stereocenters. The van der Waals surface area contributed by atoms with Crippen molar-refractivity contribution in [2.75, 3.05) is 19.6 Å². The molecule has 25 heavy (non-hydrogen) atoms. The molecule has 2 heterocycles. The number of halogens is 1. The molecule has 1 fully saturated rings. The normalized spacial score (nSPS) is 16.8. The Balaban J connectivity index is 1.66. The molecule has 4 nitrogen and oxygen atoms in total. The average Bonchev–Trinajstić information content (AvgIpc) is 3.31. The van der Waals surface area contributed by atoms with Gasteiger partial charge in [-0.1, -0.05) is 18.2 Å². The number of likely N-dealkylation sites (tertiary alicyclic amines) is 1. The number of nitrogens with one attached hydrogen (secondary N) is 1. The molecule has 1 N–H and O–H groups in total. The first-order valence-electron chi connectivity index (χ1n) is 8.63. The largest absolute Gasteiger partial charge is 0.468 e. The lowest BCUT2D eigenvalue weighted by Gasteiger charge is -2.26. The molecule has 0 saturated carbocycles. The molecule has 1 aromatic heterocycles. The molecule has 1 amide bonds. The summed E-state index contributed by atoms with van der Waals surface area (Å²) in [6.45, 7) is 4.17. The van der Waals surface area contributed by atoms with Crippen molar-refractivity contribution in [3.63, 3.8) is 0 Å². The van der Waals surface area contributed by atoms with Crippen molar-refractivity contribution in [1.29, 1.82) is 0 Å². The quantitative estimate of drug-likeness (QED) is 0.813. The van der Waals surface area contributed by atoms with Gasteiger partial charge in [0.2, 0.25) is 5.91 Å². The SMILES string of the molecule is C/C(=C\c1ccccc1F)C(=O)NCC(c1ccco1)N1CCCC1. The van der Waals surface area contributed by atoms with Crippen molar-refractivity contribution < 1.29 is 13.6 Å². The lowest BCUT2D eigenvalue weighted by Crippen LogP contribution is -2.36. The molecule has 0 spiro atoms. The Labute approximate surface area is 147 Å². The number of hydrogen-bond acceptors (Lipinski definition) is 3. The fourth-order valence-electron chi connectivity index (χ4n) is 3.16. The van der Waals surface area contributed by atoms with E-state index >= 15 is 0 Å². The fraction of sp³-hybridized carbons (Fsp3) is 0.350. The second kappa shape index (κ2) is 8.12. The van der Waals surface area contributed by atoms with E-state index < -0.39 is 0 Å². The zero-order chi connectivity index (χ0) is 17.6. The van der Waals surface area contributed by atoms with Crippen LogP contribution in [0.15, 0.2) is 52.7 Å². The van der Waals surface area contributed by atoms with Crippen LogP contribution in [0.4, 0.5) is 4.39 Å². The van der Waals surface area contributed by atoms with Gasteiger partial charge in [0, 0.05) is 17.7 Å². The van der Waals surface area contributed by atoms with E-state index in [1.54, 1.807) is 37.5 Å². The molecule has 2 aromatic rings. The lowest BCUT2D eigenvalue weighted by atomic mass is 10.1. The summed E-state index contributed by atoms with van der Waals surface area (Å²) in [5.74, 6) is 0.331. The topological polar surface area (TPSA) is 45.5 Å².